The molecule has 19 heavy (non-hydrogen) atoms. The van der Waals surface area contributed by atoms with Crippen LogP contribution in [0, 0.1) is 5.92 Å². The Morgan fingerprint density at radius 3 is 2.37 bits per heavy atom. The molecule has 0 atom stereocenters. The SMILES string of the molecule is CCNCCc1ccc(CN(CC)CC2CC2)cc1. The van der Waals surface area contributed by atoms with Gasteiger partial charge in [-0.1, -0.05) is 38.1 Å². The van der Waals surface area contributed by atoms with Crippen molar-refractivity contribution in [2.45, 2.75) is 39.7 Å². The number of likely N-dealkylation sites (N-methyl/N-ethyl adjacent to an activating group) is 1. The molecule has 0 unspecified atom stereocenters. The summed E-state index contributed by atoms with van der Waals surface area (Å²) in [5.74, 6) is 0.986. The van der Waals surface area contributed by atoms with Gasteiger partial charge in [0.1, 0.15) is 0 Å². The topological polar surface area (TPSA) is 15.3 Å². The summed E-state index contributed by atoms with van der Waals surface area (Å²) >= 11 is 0. The van der Waals surface area contributed by atoms with Crippen molar-refractivity contribution >= 4 is 0 Å². The van der Waals surface area contributed by atoms with E-state index < -0.39 is 0 Å². The molecule has 0 bridgehead atoms. The highest BCUT2D eigenvalue weighted by molar-refractivity contribution is 5.22. The van der Waals surface area contributed by atoms with Gasteiger partial charge in [0, 0.05) is 13.1 Å². The molecule has 1 aliphatic rings. The van der Waals surface area contributed by atoms with E-state index in [-0.39, 0.29) is 0 Å². The molecule has 1 aromatic rings. The molecule has 0 saturated heterocycles. The van der Waals surface area contributed by atoms with Crippen LogP contribution in [0.25, 0.3) is 0 Å². The summed E-state index contributed by atoms with van der Waals surface area (Å²) < 4.78 is 0. The Morgan fingerprint density at radius 2 is 1.79 bits per heavy atom. The molecule has 0 radical (unpaired) electrons. The molecule has 0 aromatic heterocycles. The summed E-state index contributed by atoms with van der Waals surface area (Å²) in [5.41, 5.74) is 2.89. The van der Waals surface area contributed by atoms with Gasteiger partial charge < -0.3 is 5.32 Å². The van der Waals surface area contributed by atoms with E-state index in [4.69, 9.17) is 0 Å². The lowest BCUT2D eigenvalue weighted by Gasteiger charge is -2.20. The zero-order chi connectivity index (χ0) is 13.5. The van der Waals surface area contributed by atoms with Crippen LogP contribution in [0.5, 0.6) is 0 Å². The molecule has 2 heteroatoms. The van der Waals surface area contributed by atoms with Gasteiger partial charge in [0.2, 0.25) is 0 Å². The Hall–Kier alpha value is -0.860. The summed E-state index contributed by atoms with van der Waals surface area (Å²) in [6, 6.07) is 9.18. The van der Waals surface area contributed by atoms with E-state index in [2.05, 4.69) is 48.3 Å². The summed E-state index contributed by atoms with van der Waals surface area (Å²) in [6.07, 6.45) is 4.02. The highest BCUT2D eigenvalue weighted by Gasteiger charge is 2.23. The Morgan fingerprint density at radius 1 is 1.11 bits per heavy atom. The molecular formula is C17H28N2. The van der Waals surface area contributed by atoms with Crippen molar-refractivity contribution in [1.29, 1.82) is 0 Å². The van der Waals surface area contributed by atoms with Crippen molar-refractivity contribution in [2.75, 3.05) is 26.2 Å². The second-order valence-corrected chi connectivity index (χ2v) is 5.69. The van der Waals surface area contributed by atoms with Gasteiger partial charge in [-0.15, -0.1) is 0 Å². The van der Waals surface area contributed by atoms with Crippen molar-refractivity contribution in [3.63, 3.8) is 0 Å². The fourth-order valence-corrected chi connectivity index (χ4v) is 2.45. The van der Waals surface area contributed by atoms with Gasteiger partial charge in [0.25, 0.3) is 0 Å². The molecule has 1 aromatic carbocycles. The molecule has 1 N–H and O–H groups in total. The maximum Gasteiger partial charge on any atom is 0.0233 e. The number of nitrogens with one attached hydrogen (secondary N) is 1. The monoisotopic (exact) mass is 260 g/mol. The number of hydrogen-bond acceptors (Lipinski definition) is 2. The third-order valence-electron chi connectivity index (χ3n) is 3.93. The third-order valence-corrected chi connectivity index (χ3v) is 3.93. The molecule has 0 heterocycles. The van der Waals surface area contributed by atoms with Crippen LogP contribution in [-0.2, 0) is 13.0 Å². The highest BCUT2D eigenvalue weighted by atomic mass is 15.1. The Balaban J connectivity index is 1.79. The van der Waals surface area contributed by atoms with Crippen LogP contribution >= 0.6 is 0 Å². The van der Waals surface area contributed by atoms with Crippen LogP contribution in [-0.4, -0.2) is 31.1 Å². The van der Waals surface area contributed by atoms with Gasteiger partial charge in [-0.2, -0.15) is 0 Å². The first kappa shape index (κ1) is 14.5. The van der Waals surface area contributed by atoms with Crippen molar-refractivity contribution < 1.29 is 0 Å². The van der Waals surface area contributed by atoms with Crippen molar-refractivity contribution in [2.24, 2.45) is 5.92 Å². The summed E-state index contributed by atoms with van der Waals surface area (Å²) in [7, 11) is 0. The summed E-state index contributed by atoms with van der Waals surface area (Å²) in [4.78, 5) is 2.57. The fraction of sp³-hybridized carbons (Fsp3) is 0.647. The zero-order valence-electron chi connectivity index (χ0n) is 12.5. The standard InChI is InChI=1S/C17H28N2/c1-3-18-12-11-15-5-7-16(8-6-15)13-19(4-2)14-17-9-10-17/h5-8,17-18H,3-4,9-14H2,1-2H3. The highest BCUT2D eigenvalue weighted by Crippen LogP contribution is 2.30. The minimum atomic E-state index is 0.986. The van der Waals surface area contributed by atoms with Crippen molar-refractivity contribution in [3.05, 3.63) is 35.4 Å². The van der Waals surface area contributed by atoms with Crippen LogP contribution in [0.1, 0.15) is 37.8 Å². The Bertz CT molecular complexity index is 354. The van der Waals surface area contributed by atoms with Crippen LogP contribution < -0.4 is 5.32 Å². The van der Waals surface area contributed by atoms with E-state index in [1.54, 1.807) is 0 Å². The van der Waals surface area contributed by atoms with E-state index in [0.29, 0.717) is 0 Å². The Kier molecular flexibility index (Phi) is 5.87. The lowest BCUT2D eigenvalue weighted by molar-refractivity contribution is 0.268. The maximum atomic E-state index is 3.37. The zero-order valence-corrected chi connectivity index (χ0v) is 12.5. The van der Waals surface area contributed by atoms with E-state index in [1.165, 1.54) is 37.1 Å². The third kappa shape index (κ3) is 5.33. The second-order valence-electron chi connectivity index (χ2n) is 5.69. The molecular weight excluding hydrogens is 232 g/mol. The molecule has 106 valence electrons. The maximum absolute atomic E-state index is 3.37. The molecule has 2 nitrogen and oxygen atoms in total. The minimum Gasteiger partial charge on any atom is -0.317 e. The first-order chi connectivity index (χ1) is 9.31. The predicted molar refractivity (Wildman–Crippen MR) is 82.4 cm³/mol. The quantitative estimate of drug-likeness (QED) is 0.687. The Labute approximate surface area is 118 Å². The van der Waals surface area contributed by atoms with Gasteiger partial charge in [-0.3, -0.25) is 4.90 Å². The molecule has 1 saturated carbocycles. The lowest BCUT2D eigenvalue weighted by atomic mass is 10.1. The normalized spacial score (nSPS) is 15.1. The minimum absolute atomic E-state index is 0.986. The smallest absolute Gasteiger partial charge is 0.0233 e. The number of rotatable bonds is 9. The van der Waals surface area contributed by atoms with Gasteiger partial charge >= 0.3 is 0 Å². The van der Waals surface area contributed by atoms with E-state index in [0.717, 1.165) is 32.0 Å². The van der Waals surface area contributed by atoms with Crippen LogP contribution in [0.15, 0.2) is 24.3 Å². The summed E-state index contributed by atoms with van der Waals surface area (Å²) in [6.45, 7) is 10.1. The predicted octanol–water partition coefficient (Wildman–Crippen LogP) is 3.07. The van der Waals surface area contributed by atoms with Crippen molar-refractivity contribution in [1.82, 2.24) is 10.2 Å². The average molecular weight is 260 g/mol. The van der Waals surface area contributed by atoms with E-state index in [9.17, 15) is 0 Å². The van der Waals surface area contributed by atoms with E-state index >= 15 is 0 Å². The second kappa shape index (κ2) is 7.66. The molecule has 1 aliphatic carbocycles. The molecule has 1 fully saturated rings. The fourth-order valence-electron chi connectivity index (χ4n) is 2.45. The molecule has 0 amide bonds. The largest absolute Gasteiger partial charge is 0.317 e. The van der Waals surface area contributed by atoms with Gasteiger partial charge in [-0.25, -0.2) is 0 Å². The first-order valence-electron chi connectivity index (χ1n) is 7.82. The van der Waals surface area contributed by atoms with Crippen molar-refractivity contribution in [3.8, 4) is 0 Å². The molecule has 2 rings (SSSR count). The van der Waals surface area contributed by atoms with E-state index in [1.807, 2.05) is 0 Å². The number of hydrogen-bond donors (Lipinski definition) is 1. The van der Waals surface area contributed by atoms with Crippen LogP contribution in [0.2, 0.25) is 0 Å². The van der Waals surface area contributed by atoms with Crippen LogP contribution in [0.4, 0.5) is 0 Å². The van der Waals surface area contributed by atoms with Crippen LogP contribution in [0.3, 0.4) is 0 Å². The first-order valence-corrected chi connectivity index (χ1v) is 7.82. The van der Waals surface area contributed by atoms with Gasteiger partial charge in [0.05, 0.1) is 0 Å². The van der Waals surface area contributed by atoms with Gasteiger partial charge in [0.15, 0.2) is 0 Å². The molecule has 0 spiro atoms. The lowest BCUT2D eigenvalue weighted by Crippen LogP contribution is -2.25. The number of benzene rings is 1. The molecule has 0 aliphatic heterocycles. The van der Waals surface area contributed by atoms with Gasteiger partial charge in [-0.05, 0) is 55.9 Å². The average Bonchev–Trinajstić information content (AvgIpc) is 3.24. The summed E-state index contributed by atoms with van der Waals surface area (Å²) in [5, 5.41) is 3.37. The number of nitrogens with zero attached hydrogens (tertiary/aromatic N) is 1.